The van der Waals surface area contributed by atoms with Gasteiger partial charge in [0, 0.05) is 25.7 Å². The molecule has 0 aliphatic carbocycles. The van der Waals surface area contributed by atoms with Crippen molar-refractivity contribution in [3.05, 3.63) is 0 Å². The van der Waals surface area contributed by atoms with E-state index in [1.807, 2.05) is 0 Å². The highest BCUT2D eigenvalue weighted by Gasteiger charge is 2.41. The standard InChI is InChI=1S/C15H28N4O2/c1-2-5-15(6-7-17-11-15)14(21)18-12-3-8-19(9-4-12)10-13(16)20/h12,17H,2-11H2,1H3,(H2,16,20)(H,18,21). The van der Waals surface area contributed by atoms with Gasteiger partial charge in [0.1, 0.15) is 0 Å². The Morgan fingerprint density at radius 1 is 1.38 bits per heavy atom. The molecule has 0 saturated carbocycles. The molecule has 2 fully saturated rings. The Morgan fingerprint density at radius 2 is 2.10 bits per heavy atom. The summed E-state index contributed by atoms with van der Waals surface area (Å²) in [4.78, 5) is 25.6. The van der Waals surface area contributed by atoms with Crippen molar-refractivity contribution < 1.29 is 9.59 Å². The van der Waals surface area contributed by atoms with E-state index in [-0.39, 0.29) is 23.3 Å². The molecule has 2 saturated heterocycles. The predicted molar refractivity (Wildman–Crippen MR) is 81.6 cm³/mol. The molecular formula is C15H28N4O2. The van der Waals surface area contributed by atoms with Gasteiger partial charge in [0.25, 0.3) is 0 Å². The number of carbonyl (C=O) groups excluding carboxylic acids is 2. The Balaban J connectivity index is 1.82. The molecular weight excluding hydrogens is 268 g/mol. The average Bonchev–Trinajstić information content (AvgIpc) is 2.91. The molecule has 2 heterocycles. The normalized spacial score (nSPS) is 27.7. The van der Waals surface area contributed by atoms with Gasteiger partial charge in [-0.3, -0.25) is 14.5 Å². The summed E-state index contributed by atoms with van der Waals surface area (Å²) in [6.07, 6.45) is 4.72. The van der Waals surface area contributed by atoms with Crippen LogP contribution in [0.2, 0.25) is 0 Å². The predicted octanol–water partition coefficient (Wildman–Crippen LogP) is -0.168. The summed E-state index contributed by atoms with van der Waals surface area (Å²) < 4.78 is 0. The smallest absolute Gasteiger partial charge is 0.231 e. The lowest BCUT2D eigenvalue weighted by Gasteiger charge is -2.34. The van der Waals surface area contributed by atoms with Gasteiger partial charge in [-0.05, 0) is 32.2 Å². The number of rotatable bonds is 6. The molecule has 0 aromatic carbocycles. The van der Waals surface area contributed by atoms with Crippen LogP contribution in [0.1, 0.15) is 39.0 Å². The van der Waals surface area contributed by atoms with E-state index in [2.05, 4.69) is 22.5 Å². The van der Waals surface area contributed by atoms with Crippen molar-refractivity contribution in [3.63, 3.8) is 0 Å². The van der Waals surface area contributed by atoms with Crippen LogP contribution < -0.4 is 16.4 Å². The molecule has 21 heavy (non-hydrogen) atoms. The van der Waals surface area contributed by atoms with Gasteiger partial charge in [0.15, 0.2) is 0 Å². The summed E-state index contributed by atoms with van der Waals surface area (Å²) in [7, 11) is 0. The lowest BCUT2D eigenvalue weighted by Crippen LogP contribution is -2.51. The molecule has 120 valence electrons. The number of piperidine rings is 1. The fourth-order valence-electron chi connectivity index (χ4n) is 3.54. The van der Waals surface area contributed by atoms with Gasteiger partial charge in [0.2, 0.25) is 11.8 Å². The van der Waals surface area contributed by atoms with E-state index in [9.17, 15) is 9.59 Å². The SMILES string of the molecule is CCCC1(C(=O)NC2CCN(CC(N)=O)CC2)CCNC1. The molecule has 0 aromatic heterocycles. The van der Waals surface area contributed by atoms with E-state index in [1.165, 1.54) is 0 Å². The van der Waals surface area contributed by atoms with E-state index < -0.39 is 0 Å². The van der Waals surface area contributed by atoms with Crippen molar-refractivity contribution in [3.8, 4) is 0 Å². The van der Waals surface area contributed by atoms with Crippen molar-refractivity contribution in [2.75, 3.05) is 32.7 Å². The van der Waals surface area contributed by atoms with E-state index in [0.717, 1.165) is 58.3 Å². The number of nitrogens with zero attached hydrogens (tertiary/aromatic N) is 1. The van der Waals surface area contributed by atoms with Crippen LogP contribution in [-0.4, -0.2) is 55.5 Å². The van der Waals surface area contributed by atoms with Crippen LogP contribution in [0.3, 0.4) is 0 Å². The summed E-state index contributed by atoms with van der Waals surface area (Å²) in [5.41, 5.74) is 5.01. The Labute approximate surface area is 126 Å². The molecule has 0 radical (unpaired) electrons. The number of primary amides is 1. The number of likely N-dealkylation sites (tertiary alicyclic amines) is 1. The Hall–Kier alpha value is -1.14. The van der Waals surface area contributed by atoms with Crippen molar-refractivity contribution in [2.45, 2.75) is 45.1 Å². The summed E-state index contributed by atoms with van der Waals surface area (Å²) in [6, 6.07) is 0.232. The zero-order valence-electron chi connectivity index (χ0n) is 13.0. The highest BCUT2D eigenvalue weighted by molar-refractivity contribution is 5.83. The molecule has 2 aliphatic rings. The van der Waals surface area contributed by atoms with Gasteiger partial charge < -0.3 is 16.4 Å². The first-order valence-electron chi connectivity index (χ1n) is 8.08. The average molecular weight is 296 g/mol. The quantitative estimate of drug-likeness (QED) is 0.635. The van der Waals surface area contributed by atoms with Crippen LogP contribution in [0.25, 0.3) is 0 Å². The van der Waals surface area contributed by atoms with Crippen LogP contribution in [0, 0.1) is 5.41 Å². The molecule has 4 N–H and O–H groups in total. The van der Waals surface area contributed by atoms with E-state index in [0.29, 0.717) is 6.54 Å². The largest absolute Gasteiger partial charge is 0.369 e. The second-order valence-corrected chi connectivity index (χ2v) is 6.45. The fraction of sp³-hybridized carbons (Fsp3) is 0.867. The second kappa shape index (κ2) is 7.22. The van der Waals surface area contributed by atoms with Crippen molar-refractivity contribution in [2.24, 2.45) is 11.1 Å². The number of nitrogens with one attached hydrogen (secondary N) is 2. The van der Waals surface area contributed by atoms with Crippen LogP contribution in [-0.2, 0) is 9.59 Å². The van der Waals surface area contributed by atoms with Gasteiger partial charge in [-0.2, -0.15) is 0 Å². The zero-order valence-corrected chi connectivity index (χ0v) is 13.0. The lowest BCUT2D eigenvalue weighted by atomic mass is 9.81. The Kier molecular flexibility index (Phi) is 5.58. The molecule has 0 bridgehead atoms. The third-order valence-corrected chi connectivity index (χ3v) is 4.76. The molecule has 1 atom stereocenters. The minimum atomic E-state index is -0.281. The minimum Gasteiger partial charge on any atom is -0.369 e. The molecule has 2 rings (SSSR count). The van der Waals surface area contributed by atoms with Crippen molar-refractivity contribution in [1.82, 2.24) is 15.5 Å². The maximum absolute atomic E-state index is 12.6. The first-order chi connectivity index (χ1) is 10.1. The molecule has 2 aliphatic heterocycles. The van der Waals surface area contributed by atoms with Crippen molar-refractivity contribution >= 4 is 11.8 Å². The van der Waals surface area contributed by atoms with E-state index >= 15 is 0 Å². The monoisotopic (exact) mass is 296 g/mol. The highest BCUT2D eigenvalue weighted by atomic mass is 16.2. The summed E-state index contributed by atoms with van der Waals surface area (Å²) in [5.74, 6) is -0.0703. The highest BCUT2D eigenvalue weighted by Crippen LogP contribution is 2.31. The van der Waals surface area contributed by atoms with E-state index in [4.69, 9.17) is 5.73 Å². The van der Waals surface area contributed by atoms with Gasteiger partial charge >= 0.3 is 0 Å². The van der Waals surface area contributed by atoms with Crippen molar-refractivity contribution in [1.29, 1.82) is 0 Å². The third kappa shape index (κ3) is 4.17. The number of amides is 2. The third-order valence-electron chi connectivity index (χ3n) is 4.76. The Bertz CT molecular complexity index is 372. The topological polar surface area (TPSA) is 87.5 Å². The maximum atomic E-state index is 12.6. The lowest BCUT2D eigenvalue weighted by molar-refractivity contribution is -0.131. The molecule has 0 aromatic rings. The molecule has 0 spiro atoms. The fourth-order valence-corrected chi connectivity index (χ4v) is 3.54. The van der Waals surface area contributed by atoms with E-state index in [1.54, 1.807) is 0 Å². The van der Waals surface area contributed by atoms with Gasteiger partial charge in [-0.1, -0.05) is 13.3 Å². The van der Waals surface area contributed by atoms with Crippen LogP contribution >= 0.6 is 0 Å². The summed E-state index contributed by atoms with van der Waals surface area (Å²) >= 11 is 0. The number of carbonyl (C=O) groups is 2. The minimum absolute atomic E-state index is 0.209. The van der Waals surface area contributed by atoms with Crippen LogP contribution in [0.4, 0.5) is 0 Å². The summed E-state index contributed by atoms with van der Waals surface area (Å²) in [6.45, 7) is 5.84. The second-order valence-electron chi connectivity index (χ2n) is 6.45. The molecule has 2 amide bonds. The van der Waals surface area contributed by atoms with Gasteiger partial charge in [-0.25, -0.2) is 0 Å². The Morgan fingerprint density at radius 3 is 2.62 bits per heavy atom. The first kappa shape index (κ1) is 16.2. The molecule has 6 nitrogen and oxygen atoms in total. The number of hydrogen-bond acceptors (Lipinski definition) is 4. The molecule has 1 unspecified atom stereocenters. The number of hydrogen-bond donors (Lipinski definition) is 3. The van der Waals surface area contributed by atoms with Crippen LogP contribution in [0.15, 0.2) is 0 Å². The molecule has 6 heteroatoms. The number of nitrogens with two attached hydrogens (primary N) is 1. The summed E-state index contributed by atoms with van der Waals surface area (Å²) in [5, 5.41) is 6.56. The van der Waals surface area contributed by atoms with Gasteiger partial charge in [-0.15, -0.1) is 0 Å². The van der Waals surface area contributed by atoms with Gasteiger partial charge in [0.05, 0.1) is 12.0 Å². The van der Waals surface area contributed by atoms with Crippen LogP contribution in [0.5, 0.6) is 0 Å². The first-order valence-corrected chi connectivity index (χ1v) is 8.08. The zero-order chi connectivity index (χ0) is 15.3. The maximum Gasteiger partial charge on any atom is 0.231 e.